The van der Waals surface area contributed by atoms with E-state index in [9.17, 15) is 24.3 Å². The van der Waals surface area contributed by atoms with Crippen molar-refractivity contribution in [1.29, 1.82) is 5.41 Å². The second-order valence-electron chi connectivity index (χ2n) is 15.8. The van der Waals surface area contributed by atoms with Crippen LogP contribution in [0.25, 0.3) is 0 Å². The maximum atomic E-state index is 13.7. The number of aliphatic imine (C=N–C) groups is 1. The number of fused-ring (bicyclic) bond motifs is 5. The molecule has 11 heteroatoms. The number of primary amides is 1. The van der Waals surface area contributed by atoms with E-state index in [1.54, 1.807) is 29.4 Å². The van der Waals surface area contributed by atoms with E-state index in [4.69, 9.17) is 20.9 Å². The predicted molar refractivity (Wildman–Crippen MR) is 188 cm³/mol. The number of amides is 2. The standard InChI is InChI=1S/C38H48N4O6S/c1-36-18-23(20-39)28(41-25-7-4-6-22(16-25)33(45)42-15-5-8-29(42)32(40)44)17-24(36)11-12-26-27-13-14-38(35(47)49-3,48-34(46)21-9-10-21)37(27,2)19-30(43)31(26)36/h4,6-7,16-17,20-21,23,26-27,29-31,39,43H,5,8-15,18-19H2,1-3H3,(H2,40,44). The number of thioether (sulfide) groups is 1. The molecule has 2 amide bonds. The number of aliphatic hydroxyl groups excluding tert-OH is 1. The van der Waals surface area contributed by atoms with Crippen LogP contribution in [0.2, 0.25) is 0 Å². The minimum Gasteiger partial charge on any atom is -0.449 e. The van der Waals surface area contributed by atoms with E-state index in [1.807, 2.05) is 6.07 Å². The highest BCUT2D eigenvalue weighted by Crippen LogP contribution is 2.69. The fourth-order valence-corrected chi connectivity index (χ4v) is 11.4. The van der Waals surface area contributed by atoms with Crippen LogP contribution in [0, 0.1) is 45.8 Å². The van der Waals surface area contributed by atoms with E-state index in [0.29, 0.717) is 43.5 Å². The van der Waals surface area contributed by atoms with Gasteiger partial charge in [0.1, 0.15) is 6.04 Å². The molecule has 10 nitrogen and oxygen atoms in total. The third-order valence-corrected chi connectivity index (χ3v) is 13.9. The number of allylic oxidation sites excluding steroid dienone is 2. The van der Waals surface area contributed by atoms with Gasteiger partial charge in [-0.15, -0.1) is 0 Å². The molecule has 9 unspecified atom stereocenters. The second-order valence-corrected chi connectivity index (χ2v) is 16.6. The Hall–Kier alpha value is -3.31. The van der Waals surface area contributed by atoms with Gasteiger partial charge in [0, 0.05) is 35.4 Å². The van der Waals surface area contributed by atoms with Gasteiger partial charge in [-0.05, 0) is 118 Å². The number of carbonyl (C=O) groups excluding carboxylic acids is 4. The summed E-state index contributed by atoms with van der Waals surface area (Å²) in [7, 11) is 0. The van der Waals surface area contributed by atoms with E-state index in [2.05, 4.69) is 19.9 Å². The highest BCUT2D eigenvalue weighted by molar-refractivity contribution is 8.13. The van der Waals surface area contributed by atoms with Crippen LogP contribution in [0.1, 0.15) is 88.4 Å². The lowest BCUT2D eigenvalue weighted by molar-refractivity contribution is -0.197. The summed E-state index contributed by atoms with van der Waals surface area (Å²) < 4.78 is 6.26. The van der Waals surface area contributed by atoms with Gasteiger partial charge >= 0.3 is 5.97 Å². The summed E-state index contributed by atoms with van der Waals surface area (Å²) in [5, 5.41) is 20.4. The lowest BCUT2D eigenvalue weighted by Crippen LogP contribution is -2.62. The number of hydrogen-bond donors (Lipinski definition) is 3. The molecule has 262 valence electrons. The molecule has 4 saturated carbocycles. The number of benzene rings is 1. The average molecular weight is 689 g/mol. The van der Waals surface area contributed by atoms with Gasteiger partial charge in [0.15, 0.2) is 5.60 Å². The molecular formula is C38H48N4O6S. The number of aliphatic hydroxyl groups is 1. The summed E-state index contributed by atoms with van der Waals surface area (Å²) in [6, 6.07) is 6.49. The second kappa shape index (κ2) is 12.5. The Balaban J connectivity index is 1.17. The lowest BCUT2D eigenvalue weighted by Gasteiger charge is -2.61. The van der Waals surface area contributed by atoms with Gasteiger partial charge in [-0.3, -0.25) is 24.2 Å². The first kappa shape index (κ1) is 34.2. The molecule has 1 aromatic rings. The molecule has 6 aliphatic rings. The first-order valence-electron chi connectivity index (χ1n) is 17.9. The zero-order valence-electron chi connectivity index (χ0n) is 28.7. The molecule has 1 saturated heterocycles. The Labute approximate surface area is 292 Å². The molecular weight excluding hydrogens is 641 g/mol. The number of ether oxygens (including phenoxy) is 1. The molecule has 9 atom stereocenters. The molecule has 1 aromatic carbocycles. The van der Waals surface area contributed by atoms with E-state index in [1.165, 1.54) is 11.8 Å². The SMILES string of the molecule is CSC(=O)C1(OC(=O)C2CC2)CCC2C3CCC4=CC(=Nc5cccc(C(=O)N6CCCC6C(N)=O)c5)C(C=N)CC4(C)C3C(O)CC21C. The number of likely N-dealkylation sites (tertiary alicyclic amines) is 1. The summed E-state index contributed by atoms with van der Waals surface area (Å²) in [5.41, 5.74) is 6.32. The fourth-order valence-electron chi connectivity index (χ4n) is 10.7. The monoisotopic (exact) mass is 688 g/mol. The quantitative estimate of drug-likeness (QED) is 0.261. The van der Waals surface area contributed by atoms with Gasteiger partial charge in [0.25, 0.3) is 5.91 Å². The highest BCUT2D eigenvalue weighted by Gasteiger charge is 2.71. The van der Waals surface area contributed by atoms with E-state index >= 15 is 0 Å². The molecule has 7 rings (SSSR count). The first-order chi connectivity index (χ1) is 23.4. The van der Waals surface area contributed by atoms with Crippen LogP contribution < -0.4 is 5.73 Å². The highest BCUT2D eigenvalue weighted by atomic mass is 32.2. The van der Waals surface area contributed by atoms with Gasteiger partial charge < -0.3 is 25.9 Å². The average Bonchev–Trinajstić information content (AvgIpc) is 3.74. The smallest absolute Gasteiger partial charge is 0.309 e. The number of hydrogen-bond acceptors (Lipinski definition) is 9. The fraction of sp³-hybridized carbons (Fsp3) is 0.632. The Morgan fingerprint density at radius 2 is 1.90 bits per heavy atom. The molecule has 0 aromatic heterocycles. The van der Waals surface area contributed by atoms with E-state index < -0.39 is 29.1 Å². The van der Waals surface area contributed by atoms with Crippen molar-refractivity contribution in [3.63, 3.8) is 0 Å². The Morgan fingerprint density at radius 3 is 2.59 bits per heavy atom. The maximum absolute atomic E-state index is 13.7. The van der Waals surface area contributed by atoms with Crippen LogP contribution in [0.4, 0.5) is 5.69 Å². The van der Waals surface area contributed by atoms with Gasteiger partial charge in [-0.25, -0.2) is 0 Å². The molecule has 1 aliphatic heterocycles. The van der Waals surface area contributed by atoms with Gasteiger partial charge in [0.05, 0.1) is 17.7 Å². The van der Waals surface area contributed by atoms with Crippen molar-refractivity contribution in [2.24, 2.45) is 51.1 Å². The number of carbonyl (C=O) groups is 4. The largest absolute Gasteiger partial charge is 0.449 e. The summed E-state index contributed by atoms with van der Waals surface area (Å²) in [5.74, 6) is -1.19. The number of nitrogens with two attached hydrogens (primary N) is 1. The number of nitrogens with one attached hydrogen (secondary N) is 1. The van der Waals surface area contributed by atoms with Crippen molar-refractivity contribution < 1.29 is 29.0 Å². The minimum atomic E-state index is -1.23. The van der Waals surface area contributed by atoms with Crippen molar-refractivity contribution >= 4 is 52.3 Å². The lowest BCUT2D eigenvalue weighted by atomic mass is 9.45. The Kier molecular flexibility index (Phi) is 8.70. The maximum Gasteiger partial charge on any atom is 0.309 e. The summed E-state index contributed by atoms with van der Waals surface area (Å²) in [4.78, 5) is 58.6. The molecule has 49 heavy (non-hydrogen) atoms. The number of nitrogens with zero attached hydrogens (tertiary/aromatic N) is 2. The normalized spacial score (nSPS) is 39.0. The molecule has 5 fully saturated rings. The van der Waals surface area contributed by atoms with Crippen LogP contribution in [0.3, 0.4) is 0 Å². The van der Waals surface area contributed by atoms with Crippen LogP contribution in [-0.2, 0) is 19.1 Å². The van der Waals surface area contributed by atoms with Gasteiger partial charge in [-0.1, -0.05) is 37.2 Å². The molecule has 1 heterocycles. The van der Waals surface area contributed by atoms with Crippen molar-refractivity contribution in [3.05, 3.63) is 41.5 Å². The minimum absolute atomic E-state index is 0.0616. The topological polar surface area (TPSA) is 163 Å². The van der Waals surface area contributed by atoms with Crippen LogP contribution in [0.5, 0.6) is 0 Å². The van der Waals surface area contributed by atoms with E-state index in [0.717, 1.165) is 56.0 Å². The predicted octanol–water partition coefficient (Wildman–Crippen LogP) is 5.24. The summed E-state index contributed by atoms with van der Waals surface area (Å²) in [6.45, 7) is 4.79. The van der Waals surface area contributed by atoms with E-state index in [-0.39, 0.29) is 52.0 Å². The van der Waals surface area contributed by atoms with Crippen molar-refractivity contribution in [3.8, 4) is 0 Å². The number of esters is 1. The van der Waals surface area contributed by atoms with Crippen LogP contribution in [0.15, 0.2) is 40.9 Å². The zero-order valence-corrected chi connectivity index (χ0v) is 29.5. The molecule has 0 radical (unpaired) electrons. The third kappa shape index (κ3) is 5.41. The van der Waals surface area contributed by atoms with Crippen molar-refractivity contribution in [1.82, 2.24) is 4.90 Å². The van der Waals surface area contributed by atoms with Gasteiger partial charge in [-0.2, -0.15) is 0 Å². The first-order valence-corrected chi connectivity index (χ1v) is 19.1. The molecule has 4 N–H and O–H groups in total. The Bertz CT molecular complexity index is 1660. The van der Waals surface area contributed by atoms with Crippen LogP contribution >= 0.6 is 11.8 Å². The molecule has 5 aliphatic carbocycles. The molecule has 0 bridgehead atoms. The Morgan fingerprint density at radius 1 is 1.12 bits per heavy atom. The number of rotatable bonds is 7. The third-order valence-electron chi connectivity index (χ3n) is 13.2. The molecule has 0 spiro atoms. The summed E-state index contributed by atoms with van der Waals surface area (Å²) >= 11 is 1.13. The zero-order chi connectivity index (χ0) is 34.9. The van der Waals surface area contributed by atoms with Crippen molar-refractivity contribution in [2.45, 2.75) is 95.8 Å². The summed E-state index contributed by atoms with van der Waals surface area (Å²) in [6.07, 6.45) is 11.5. The van der Waals surface area contributed by atoms with Gasteiger partial charge in [0.2, 0.25) is 11.0 Å². The van der Waals surface area contributed by atoms with Crippen LogP contribution in [-0.4, -0.2) is 75.4 Å². The van der Waals surface area contributed by atoms with Crippen molar-refractivity contribution in [2.75, 3.05) is 12.8 Å².